The molecule has 1 atom stereocenters. The molecule has 0 aliphatic carbocycles. The lowest BCUT2D eigenvalue weighted by atomic mass is 10.0. The molecule has 1 aromatic heterocycles. The molecule has 9 heteroatoms. The van der Waals surface area contributed by atoms with E-state index in [1.54, 1.807) is 0 Å². The summed E-state index contributed by atoms with van der Waals surface area (Å²) in [5.41, 5.74) is -1.73. The van der Waals surface area contributed by atoms with Crippen LogP contribution in [0.4, 0.5) is 13.2 Å². The number of halogens is 3. The molecule has 1 unspecified atom stereocenters. The van der Waals surface area contributed by atoms with Crippen LogP contribution < -0.4 is 14.9 Å². The van der Waals surface area contributed by atoms with Crippen LogP contribution in [0.5, 0.6) is 11.5 Å². The maximum atomic E-state index is 13.7. The highest BCUT2D eigenvalue weighted by Crippen LogP contribution is 2.38. The molecule has 1 heterocycles. The van der Waals surface area contributed by atoms with Crippen molar-refractivity contribution in [1.82, 2.24) is 0 Å². The van der Waals surface area contributed by atoms with E-state index in [0.717, 1.165) is 6.07 Å². The molecule has 0 spiro atoms. The summed E-state index contributed by atoms with van der Waals surface area (Å²) in [7, 11) is 2.60. The smallest absolute Gasteiger partial charge is 0.450 e. The number of carbonyl (C=O) groups is 1. The van der Waals surface area contributed by atoms with Gasteiger partial charge in [-0.1, -0.05) is 12.1 Å². The third-order valence-corrected chi connectivity index (χ3v) is 4.35. The Bertz CT molecular complexity index is 1130. The number of hydrogen-bond acceptors (Lipinski definition) is 6. The molecule has 6 nitrogen and oxygen atoms in total. The molecule has 0 amide bonds. The summed E-state index contributed by atoms with van der Waals surface area (Å²) in [5.74, 6) is -1.61. The molecule has 30 heavy (non-hydrogen) atoms. The Morgan fingerprint density at radius 3 is 2.23 bits per heavy atom. The lowest BCUT2D eigenvalue weighted by molar-refractivity contribution is -0.152. The fourth-order valence-electron chi connectivity index (χ4n) is 2.88. The number of methoxy groups -OCH3 is 2. The third kappa shape index (κ3) is 4.10. The molecule has 3 aromatic rings. The minimum Gasteiger partial charge on any atom is -0.497 e. The van der Waals surface area contributed by atoms with Gasteiger partial charge in [-0.3, -0.25) is 4.79 Å². The van der Waals surface area contributed by atoms with Crippen molar-refractivity contribution in [2.75, 3.05) is 14.2 Å². The van der Waals surface area contributed by atoms with E-state index in [0.29, 0.717) is 5.75 Å². The molecule has 0 saturated heterocycles. The van der Waals surface area contributed by atoms with Gasteiger partial charge in [0.25, 0.3) is 0 Å². The Hall–Kier alpha value is -3.49. The van der Waals surface area contributed by atoms with E-state index >= 15 is 0 Å². The van der Waals surface area contributed by atoms with E-state index < -0.39 is 35.0 Å². The first kappa shape index (κ1) is 21.2. The highest BCUT2D eigenvalue weighted by Gasteiger charge is 2.39. The van der Waals surface area contributed by atoms with Gasteiger partial charge in [-0.15, -0.1) is 0 Å². The van der Waals surface area contributed by atoms with Gasteiger partial charge in [0.15, 0.2) is 6.10 Å². The molecule has 2 aromatic carbocycles. The second kappa shape index (κ2) is 8.10. The first-order valence-corrected chi connectivity index (χ1v) is 8.72. The second-order valence-corrected chi connectivity index (χ2v) is 6.30. The zero-order valence-corrected chi connectivity index (χ0v) is 16.2. The minimum atomic E-state index is -4.92. The van der Waals surface area contributed by atoms with E-state index in [1.807, 2.05) is 0 Å². The average Bonchev–Trinajstić information content (AvgIpc) is 2.72. The highest BCUT2D eigenvalue weighted by molar-refractivity contribution is 5.84. The van der Waals surface area contributed by atoms with Crippen molar-refractivity contribution in [1.29, 1.82) is 0 Å². The zero-order valence-electron chi connectivity index (χ0n) is 16.2. The van der Waals surface area contributed by atoms with Crippen LogP contribution in [0.3, 0.4) is 0 Å². The van der Waals surface area contributed by atoms with Gasteiger partial charge in [0.2, 0.25) is 11.2 Å². The Labute approximate surface area is 168 Å². The number of hydrogen-bond donors (Lipinski definition) is 0. The van der Waals surface area contributed by atoms with Gasteiger partial charge in [0, 0.05) is 6.07 Å². The van der Waals surface area contributed by atoms with E-state index in [1.165, 1.54) is 57.5 Å². The van der Waals surface area contributed by atoms with Crippen LogP contribution in [0.25, 0.3) is 22.1 Å². The van der Waals surface area contributed by atoms with Crippen molar-refractivity contribution in [3.8, 4) is 22.6 Å². The molecule has 0 bridgehead atoms. The summed E-state index contributed by atoms with van der Waals surface area (Å²) >= 11 is 0. The van der Waals surface area contributed by atoms with Crippen LogP contribution in [0.15, 0.2) is 51.7 Å². The van der Waals surface area contributed by atoms with Crippen molar-refractivity contribution in [2.45, 2.75) is 19.2 Å². The van der Waals surface area contributed by atoms with Gasteiger partial charge in [-0.25, -0.2) is 4.79 Å². The van der Waals surface area contributed by atoms with Crippen LogP contribution >= 0.6 is 0 Å². The molecular weight excluding hydrogens is 405 g/mol. The molecule has 0 aliphatic rings. The van der Waals surface area contributed by atoms with Gasteiger partial charge in [0.05, 0.1) is 25.2 Å². The Morgan fingerprint density at radius 2 is 1.67 bits per heavy atom. The number of carbonyl (C=O) groups excluding carboxylic acids is 1. The topological polar surface area (TPSA) is 75.0 Å². The summed E-state index contributed by atoms with van der Waals surface area (Å²) in [6.07, 6.45) is -5.92. The molecule has 0 fully saturated rings. The molecule has 158 valence electrons. The molecular formula is C21H17F3O6. The van der Waals surface area contributed by atoms with Gasteiger partial charge < -0.3 is 18.6 Å². The van der Waals surface area contributed by atoms with Gasteiger partial charge >= 0.3 is 12.1 Å². The predicted octanol–water partition coefficient (Wildman–Crippen LogP) is 4.43. The predicted molar refractivity (Wildman–Crippen MR) is 102 cm³/mol. The third-order valence-electron chi connectivity index (χ3n) is 4.35. The Morgan fingerprint density at radius 1 is 1.03 bits per heavy atom. The van der Waals surface area contributed by atoms with E-state index in [-0.39, 0.29) is 22.3 Å². The minimum absolute atomic E-state index is 0.0402. The van der Waals surface area contributed by atoms with Crippen molar-refractivity contribution in [3.05, 3.63) is 58.4 Å². The van der Waals surface area contributed by atoms with E-state index in [2.05, 4.69) is 4.74 Å². The number of rotatable bonds is 5. The second-order valence-electron chi connectivity index (χ2n) is 6.30. The Kier molecular flexibility index (Phi) is 5.73. The van der Waals surface area contributed by atoms with Crippen molar-refractivity contribution >= 4 is 16.9 Å². The lowest BCUT2D eigenvalue weighted by Gasteiger charge is -2.15. The fraction of sp³-hybridized carbons (Fsp3) is 0.238. The number of ether oxygens (including phenoxy) is 3. The van der Waals surface area contributed by atoms with Crippen molar-refractivity contribution < 1.29 is 36.6 Å². The van der Waals surface area contributed by atoms with Crippen LogP contribution in [-0.4, -0.2) is 26.3 Å². The Balaban J connectivity index is 2.18. The highest BCUT2D eigenvalue weighted by atomic mass is 19.4. The largest absolute Gasteiger partial charge is 0.497 e. The first-order chi connectivity index (χ1) is 14.2. The normalized spacial score (nSPS) is 12.5. The van der Waals surface area contributed by atoms with Crippen LogP contribution in [0, 0.1) is 0 Å². The summed E-state index contributed by atoms with van der Waals surface area (Å²) in [5, 5.41) is -0.0631. The fourth-order valence-corrected chi connectivity index (χ4v) is 2.88. The summed E-state index contributed by atoms with van der Waals surface area (Å²) < 4.78 is 61.1. The first-order valence-electron chi connectivity index (χ1n) is 8.72. The molecule has 0 N–H and O–H groups in total. The van der Waals surface area contributed by atoms with Crippen molar-refractivity contribution in [2.24, 2.45) is 0 Å². The maximum Gasteiger partial charge on any atom is 0.450 e. The molecule has 0 radical (unpaired) electrons. The summed E-state index contributed by atoms with van der Waals surface area (Å²) in [6, 6.07) is 9.37. The lowest BCUT2D eigenvalue weighted by Crippen LogP contribution is -2.24. The van der Waals surface area contributed by atoms with E-state index in [9.17, 15) is 22.8 Å². The van der Waals surface area contributed by atoms with E-state index in [4.69, 9.17) is 13.9 Å². The molecule has 0 saturated carbocycles. The maximum absolute atomic E-state index is 13.7. The zero-order chi connectivity index (χ0) is 22.1. The SMILES string of the molecule is COC(=O)C(C)Oc1ccc2c(=O)c(-c3ccc(OC)cc3)c(C(F)(F)F)oc2c1. The quantitative estimate of drug-likeness (QED) is 0.567. The number of alkyl halides is 3. The summed E-state index contributed by atoms with van der Waals surface area (Å²) in [6.45, 7) is 1.42. The standard InChI is InChI=1S/C21H17F3O6/c1-11(20(26)28-3)29-14-8-9-15-16(10-14)30-19(21(22,23)24)17(18(15)25)12-4-6-13(27-2)7-5-12/h4-11H,1-3H3. The molecule has 0 aliphatic heterocycles. The van der Waals surface area contributed by atoms with Crippen LogP contribution in [0.2, 0.25) is 0 Å². The van der Waals surface area contributed by atoms with Crippen molar-refractivity contribution in [3.63, 3.8) is 0 Å². The number of benzene rings is 2. The monoisotopic (exact) mass is 422 g/mol. The van der Waals surface area contributed by atoms with Gasteiger partial charge in [-0.05, 0) is 36.8 Å². The average molecular weight is 422 g/mol. The number of fused-ring (bicyclic) bond motifs is 1. The van der Waals surface area contributed by atoms with Gasteiger partial charge in [0.1, 0.15) is 17.1 Å². The van der Waals surface area contributed by atoms with Crippen LogP contribution in [-0.2, 0) is 15.7 Å². The summed E-state index contributed by atoms with van der Waals surface area (Å²) in [4.78, 5) is 24.4. The van der Waals surface area contributed by atoms with Crippen LogP contribution in [0.1, 0.15) is 12.7 Å². The molecule has 3 rings (SSSR count). The number of esters is 1. The van der Waals surface area contributed by atoms with Gasteiger partial charge in [-0.2, -0.15) is 13.2 Å².